The summed E-state index contributed by atoms with van der Waals surface area (Å²) < 4.78 is 7.53. The highest BCUT2D eigenvalue weighted by Gasteiger charge is 2.21. The highest BCUT2D eigenvalue weighted by atomic mass is 35.5. The molecule has 156 valence electrons. The Kier molecular flexibility index (Phi) is 6.94. The number of aromatic nitrogens is 3. The monoisotopic (exact) mass is 462 g/mol. The fourth-order valence-corrected chi connectivity index (χ4v) is 4.30. The highest BCUT2D eigenvalue weighted by Crippen LogP contribution is 2.27. The van der Waals surface area contributed by atoms with Gasteiger partial charge in [0.2, 0.25) is 5.95 Å². The van der Waals surface area contributed by atoms with Gasteiger partial charge in [-0.3, -0.25) is 9.36 Å². The Bertz CT molecular complexity index is 1020. The van der Waals surface area contributed by atoms with Crippen molar-refractivity contribution in [3.05, 3.63) is 69.7 Å². The topological polar surface area (TPSA) is 60.3 Å². The smallest absolute Gasteiger partial charge is 0.228 e. The molecule has 0 amide bonds. The van der Waals surface area contributed by atoms with E-state index >= 15 is 0 Å². The number of morpholine rings is 1. The van der Waals surface area contributed by atoms with Crippen molar-refractivity contribution in [2.24, 2.45) is 0 Å². The van der Waals surface area contributed by atoms with E-state index in [0.717, 1.165) is 24.6 Å². The number of carbonyl (C=O) groups is 1. The van der Waals surface area contributed by atoms with Crippen LogP contribution in [0.3, 0.4) is 0 Å². The average molecular weight is 463 g/mol. The second-order valence-corrected chi connectivity index (χ2v) is 8.55. The predicted octanol–water partition coefficient (Wildman–Crippen LogP) is 4.44. The molecule has 0 spiro atoms. The summed E-state index contributed by atoms with van der Waals surface area (Å²) in [5.74, 6) is 0.987. The van der Waals surface area contributed by atoms with E-state index in [-0.39, 0.29) is 11.5 Å². The summed E-state index contributed by atoms with van der Waals surface area (Å²) in [6, 6.07) is 15.1. The van der Waals surface area contributed by atoms with Gasteiger partial charge in [0, 0.05) is 18.7 Å². The van der Waals surface area contributed by atoms with Crippen LogP contribution < -0.4 is 4.90 Å². The zero-order chi connectivity index (χ0) is 20.9. The van der Waals surface area contributed by atoms with Gasteiger partial charge in [-0.25, -0.2) is 0 Å². The van der Waals surface area contributed by atoms with Gasteiger partial charge in [-0.15, -0.1) is 10.2 Å². The number of hydrogen-bond acceptors (Lipinski definition) is 6. The van der Waals surface area contributed by atoms with Gasteiger partial charge < -0.3 is 9.64 Å². The third-order valence-corrected chi connectivity index (χ3v) is 6.45. The van der Waals surface area contributed by atoms with E-state index < -0.39 is 0 Å². The zero-order valence-electron chi connectivity index (χ0n) is 16.1. The lowest BCUT2D eigenvalue weighted by Crippen LogP contribution is -2.38. The summed E-state index contributed by atoms with van der Waals surface area (Å²) >= 11 is 13.4. The van der Waals surface area contributed by atoms with E-state index in [4.69, 9.17) is 27.9 Å². The minimum absolute atomic E-state index is 0.0410. The molecule has 0 bridgehead atoms. The molecule has 0 atom stereocenters. The van der Waals surface area contributed by atoms with Gasteiger partial charge in [0.1, 0.15) is 0 Å². The van der Waals surface area contributed by atoms with Crippen molar-refractivity contribution in [3.63, 3.8) is 0 Å². The first-order valence-electron chi connectivity index (χ1n) is 9.52. The Balaban J connectivity index is 1.54. The fourth-order valence-electron chi connectivity index (χ4n) is 3.17. The second kappa shape index (κ2) is 9.83. The summed E-state index contributed by atoms with van der Waals surface area (Å²) in [6.45, 7) is 3.48. The summed E-state index contributed by atoms with van der Waals surface area (Å²) in [4.78, 5) is 14.8. The number of ketones is 1. The second-order valence-electron chi connectivity index (χ2n) is 6.79. The lowest BCUT2D eigenvalue weighted by Gasteiger charge is -2.28. The van der Waals surface area contributed by atoms with Crippen molar-refractivity contribution in [2.75, 3.05) is 37.0 Å². The molecule has 0 N–H and O–H groups in total. The van der Waals surface area contributed by atoms with Crippen LogP contribution in [0.25, 0.3) is 0 Å². The lowest BCUT2D eigenvalue weighted by molar-refractivity contribution is 0.102. The number of rotatable bonds is 7. The minimum atomic E-state index is -0.0410. The van der Waals surface area contributed by atoms with Crippen LogP contribution in [0.2, 0.25) is 10.0 Å². The number of halogens is 2. The van der Waals surface area contributed by atoms with E-state index in [1.807, 2.05) is 18.2 Å². The minimum Gasteiger partial charge on any atom is -0.378 e. The van der Waals surface area contributed by atoms with Crippen molar-refractivity contribution in [2.45, 2.75) is 11.7 Å². The van der Waals surface area contributed by atoms with Gasteiger partial charge in [0.05, 0.1) is 35.6 Å². The number of carbonyl (C=O) groups excluding carboxylic acids is 1. The normalized spacial score (nSPS) is 14.1. The number of thioether (sulfide) groups is 1. The molecule has 1 fully saturated rings. The largest absolute Gasteiger partial charge is 0.378 e. The third kappa shape index (κ3) is 4.98. The van der Waals surface area contributed by atoms with Crippen LogP contribution in [0, 0.1) is 0 Å². The molecule has 0 aliphatic carbocycles. The molecule has 1 aliphatic heterocycles. The van der Waals surface area contributed by atoms with Crippen molar-refractivity contribution in [3.8, 4) is 0 Å². The Labute approximate surface area is 189 Å². The molecular formula is C21H20Cl2N4O2S. The predicted molar refractivity (Wildman–Crippen MR) is 120 cm³/mol. The van der Waals surface area contributed by atoms with E-state index in [1.165, 1.54) is 11.8 Å². The molecule has 0 radical (unpaired) electrons. The Morgan fingerprint density at radius 1 is 1.03 bits per heavy atom. The van der Waals surface area contributed by atoms with Crippen molar-refractivity contribution >= 4 is 46.7 Å². The summed E-state index contributed by atoms with van der Waals surface area (Å²) in [5, 5.41) is 10.3. The number of Topliss-reactive ketones (excluding diaryl/α,β-unsaturated/α-hetero) is 1. The van der Waals surface area contributed by atoms with E-state index in [0.29, 0.717) is 40.5 Å². The van der Waals surface area contributed by atoms with Crippen LogP contribution in [0.5, 0.6) is 0 Å². The molecule has 30 heavy (non-hydrogen) atoms. The SMILES string of the molecule is O=C(CSc1nnc(N2CCOCC2)n1Cc1ccccc1)c1ccc(Cl)c(Cl)c1. The van der Waals surface area contributed by atoms with Gasteiger partial charge in [0.25, 0.3) is 0 Å². The molecule has 1 aromatic heterocycles. The van der Waals surface area contributed by atoms with Gasteiger partial charge in [-0.05, 0) is 23.8 Å². The molecule has 1 saturated heterocycles. The lowest BCUT2D eigenvalue weighted by atomic mass is 10.1. The first-order chi connectivity index (χ1) is 14.6. The van der Waals surface area contributed by atoms with Crippen molar-refractivity contribution < 1.29 is 9.53 Å². The van der Waals surface area contributed by atoms with Crippen LogP contribution >= 0.6 is 35.0 Å². The fraction of sp³-hybridized carbons (Fsp3) is 0.286. The molecule has 2 aromatic carbocycles. The quantitative estimate of drug-likeness (QED) is 0.381. The molecular weight excluding hydrogens is 443 g/mol. The Morgan fingerprint density at radius 2 is 1.80 bits per heavy atom. The number of ether oxygens (including phenoxy) is 1. The van der Waals surface area contributed by atoms with Crippen molar-refractivity contribution in [1.82, 2.24) is 14.8 Å². The maximum atomic E-state index is 12.7. The van der Waals surface area contributed by atoms with Crippen LogP contribution in [0.15, 0.2) is 53.7 Å². The Morgan fingerprint density at radius 3 is 2.53 bits per heavy atom. The molecule has 1 aliphatic rings. The number of hydrogen-bond donors (Lipinski definition) is 0. The van der Waals surface area contributed by atoms with Crippen LogP contribution in [-0.2, 0) is 11.3 Å². The number of benzene rings is 2. The van der Waals surface area contributed by atoms with E-state index in [1.54, 1.807) is 18.2 Å². The average Bonchev–Trinajstić information content (AvgIpc) is 3.17. The summed E-state index contributed by atoms with van der Waals surface area (Å²) in [7, 11) is 0. The number of nitrogens with zero attached hydrogens (tertiary/aromatic N) is 4. The maximum Gasteiger partial charge on any atom is 0.228 e. The van der Waals surface area contributed by atoms with Crippen LogP contribution in [0.1, 0.15) is 15.9 Å². The van der Waals surface area contributed by atoms with Crippen LogP contribution in [-0.4, -0.2) is 52.6 Å². The molecule has 9 heteroatoms. The standard InChI is InChI=1S/C21H20Cl2N4O2S/c22-17-7-6-16(12-18(17)23)19(28)14-30-21-25-24-20(26-8-10-29-11-9-26)27(21)13-15-4-2-1-3-5-15/h1-7,12H,8-11,13-14H2. The van der Waals surface area contributed by atoms with E-state index in [2.05, 4.69) is 31.8 Å². The first kappa shape index (κ1) is 21.2. The summed E-state index contributed by atoms with van der Waals surface area (Å²) in [6.07, 6.45) is 0. The third-order valence-electron chi connectivity index (χ3n) is 4.75. The maximum absolute atomic E-state index is 12.7. The first-order valence-corrected chi connectivity index (χ1v) is 11.3. The van der Waals surface area contributed by atoms with Gasteiger partial charge >= 0.3 is 0 Å². The zero-order valence-corrected chi connectivity index (χ0v) is 18.5. The van der Waals surface area contributed by atoms with E-state index in [9.17, 15) is 4.79 Å². The molecule has 6 nitrogen and oxygen atoms in total. The highest BCUT2D eigenvalue weighted by molar-refractivity contribution is 7.99. The Hall–Kier alpha value is -2.06. The summed E-state index contributed by atoms with van der Waals surface area (Å²) in [5.41, 5.74) is 1.67. The van der Waals surface area contributed by atoms with Gasteiger partial charge in [0.15, 0.2) is 10.9 Å². The van der Waals surface area contributed by atoms with Crippen LogP contribution in [0.4, 0.5) is 5.95 Å². The van der Waals surface area contributed by atoms with Gasteiger partial charge in [-0.1, -0.05) is 65.3 Å². The molecule has 0 unspecified atom stereocenters. The van der Waals surface area contributed by atoms with Crippen molar-refractivity contribution in [1.29, 1.82) is 0 Å². The van der Waals surface area contributed by atoms with Gasteiger partial charge in [-0.2, -0.15) is 0 Å². The molecule has 0 saturated carbocycles. The molecule has 2 heterocycles. The molecule has 4 rings (SSSR count). The molecule has 3 aromatic rings. The number of anilines is 1.